The van der Waals surface area contributed by atoms with Crippen LogP contribution in [0.5, 0.6) is 0 Å². The summed E-state index contributed by atoms with van der Waals surface area (Å²) in [7, 11) is 1.83. The fraction of sp³-hybridized carbons (Fsp3) is 0.636. The minimum atomic E-state index is -0.768. The Morgan fingerprint density at radius 3 is 2.75 bits per heavy atom. The van der Waals surface area contributed by atoms with E-state index in [4.69, 9.17) is 5.11 Å². The highest BCUT2D eigenvalue weighted by Crippen LogP contribution is 2.13. The topological polar surface area (TPSA) is 53.4 Å². The lowest BCUT2D eigenvalue weighted by molar-refractivity contribution is -0.143. The van der Waals surface area contributed by atoms with Crippen molar-refractivity contribution in [3.63, 3.8) is 0 Å². The lowest BCUT2D eigenvalue weighted by atomic mass is 10.2. The molecule has 0 radical (unpaired) electrons. The zero-order valence-corrected chi connectivity index (χ0v) is 10.8. The van der Waals surface area contributed by atoms with Crippen molar-refractivity contribution in [2.45, 2.75) is 39.3 Å². The average molecular weight is 242 g/mol. The highest BCUT2D eigenvalue weighted by molar-refractivity contribution is 7.09. The maximum absolute atomic E-state index is 11.0. The van der Waals surface area contributed by atoms with Crippen LogP contribution in [0, 0.1) is 0 Å². The summed E-state index contributed by atoms with van der Waals surface area (Å²) >= 11 is 1.63. The van der Waals surface area contributed by atoms with Crippen LogP contribution in [0.4, 0.5) is 0 Å². The molecule has 1 atom stereocenters. The van der Waals surface area contributed by atoms with Crippen molar-refractivity contribution in [1.29, 1.82) is 0 Å². The lowest BCUT2D eigenvalue weighted by Crippen LogP contribution is -2.37. The number of carbonyl (C=O) groups is 1. The second-order valence-electron chi connectivity index (χ2n) is 3.76. The molecule has 16 heavy (non-hydrogen) atoms. The van der Waals surface area contributed by atoms with E-state index in [0.717, 1.165) is 17.1 Å². The fourth-order valence-corrected chi connectivity index (χ4v) is 2.36. The number of likely N-dealkylation sites (N-methyl/N-ethyl adjacent to an activating group) is 1. The third kappa shape index (κ3) is 3.28. The third-order valence-corrected chi connectivity index (χ3v) is 3.56. The quantitative estimate of drug-likeness (QED) is 0.829. The molecule has 0 fully saturated rings. The molecular weight excluding hydrogens is 224 g/mol. The molecule has 0 amide bonds. The zero-order valence-electron chi connectivity index (χ0n) is 9.93. The monoisotopic (exact) mass is 242 g/mol. The van der Waals surface area contributed by atoms with Gasteiger partial charge < -0.3 is 5.11 Å². The average Bonchev–Trinajstić information content (AvgIpc) is 2.65. The van der Waals surface area contributed by atoms with Crippen molar-refractivity contribution in [1.82, 2.24) is 9.88 Å². The van der Waals surface area contributed by atoms with Gasteiger partial charge in [0.2, 0.25) is 0 Å². The lowest BCUT2D eigenvalue weighted by Gasteiger charge is -2.22. The fourth-order valence-electron chi connectivity index (χ4n) is 1.62. The SMILES string of the molecule is CCc1nc(CN(C)C(CC)C(=O)O)cs1. The van der Waals surface area contributed by atoms with E-state index in [-0.39, 0.29) is 0 Å². The Hall–Kier alpha value is -0.940. The number of aryl methyl sites for hydroxylation is 1. The van der Waals surface area contributed by atoms with Crippen LogP contribution in [0.2, 0.25) is 0 Å². The van der Waals surface area contributed by atoms with E-state index in [0.29, 0.717) is 13.0 Å². The number of thiazole rings is 1. The number of rotatable bonds is 6. The largest absolute Gasteiger partial charge is 0.480 e. The number of hydrogen-bond acceptors (Lipinski definition) is 4. The first-order valence-electron chi connectivity index (χ1n) is 5.44. The zero-order chi connectivity index (χ0) is 12.1. The molecule has 5 heteroatoms. The molecule has 1 heterocycles. The summed E-state index contributed by atoms with van der Waals surface area (Å²) in [6.07, 6.45) is 1.54. The van der Waals surface area contributed by atoms with Crippen molar-refractivity contribution in [2.75, 3.05) is 7.05 Å². The van der Waals surface area contributed by atoms with Crippen LogP contribution >= 0.6 is 11.3 Å². The molecule has 0 aliphatic rings. The van der Waals surface area contributed by atoms with Crippen molar-refractivity contribution in [3.8, 4) is 0 Å². The van der Waals surface area contributed by atoms with E-state index in [2.05, 4.69) is 11.9 Å². The maximum Gasteiger partial charge on any atom is 0.320 e. The van der Waals surface area contributed by atoms with E-state index in [1.165, 1.54) is 0 Å². The molecular formula is C11H18N2O2S. The molecule has 1 unspecified atom stereocenters. The molecule has 1 N–H and O–H groups in total. The predicted molar refractivity (Wildman–Crippen MR) is 64.7 cm³/mol. The molecule has 0 aliphatic carbocycles. The van der Waals surface area contributed by atoms with Crippen LogP contribution < -0.4 is 0 Å². The standard InChI is InChI=1S/C11H18N2O2S/c1-4-9(11(14)15)13(3)6-8-7-16-10(5-2)12-8/h7,9H,4-6H2,1-3H3,(H,14,15). The maximum atomic E-state index is 11.0. The van der Waals surface area contributed by atoms with Crippen molar-refractivity contribution >= 4 is 17.3 Å². The normalized spacial score (nSPS) is 13.0. The molecule has 0 bridgehead atoms. The smallest absolute Gasteiger partial charge is 0.320 e. The van der Waals surface area contributed by atoms with E-state index >= 15 is 0 Å². The number of carboxylic acid groups (broad SMARTS) is 1. The molecule has 1 rings (SSSR count). The van der Waals surface area contributed by atoms with E-state index in [1.807, 2.05) is 24.3 Å². The summed E-state index contributed by atoms with van der Waals surface area (Å²) < 4.78 is 0. The molecule has 0 saturated carbocycles. The van der Waals surface area contributed by atoms with E-state index in [9.17, 15) is 4.79 Å². The van der Waals surface area contributed by atoms with Crippen molar-refractivity contribution in [3.05, 3.63) is 16.1 Å². The van der Waals surface area contributed by atoms with Crippen LogP contribution in [0.3, 0.4) is 0 Å². The number of aliphatic carboxylic acids is 1. The van der Waals surface area contributed by atoms with Crippen LogP contribution in [-0.2, 0) is 17.8 Å². The van der Waals surface area contributed by atoms with Gasteiger partial charge in [-0.3, -0.25) is 9.69 Å². The van der Waals surface area contributed by atoms with Gasteiger partial charge in [0, 0.05) is 11.9 Å². The number of carboxylic acids is 1. The summed E-state index contributed by atoms with van der Waals surface area (Å²) in [6, 6.07) is -0.424. The van der Waals surface area contributed by atoms with Gasteiger partial charge in [0.25, 0.3) is 0 Å². The van der Waals surface area contributed by atoms with Crippen LogP contribution in [0.1, 0.15) is 31.0 Å². The summed E-state index contributed by atoms with van der Waals surface area (Å²) in [6.45, 7) is 4.55. The molecule has 1 aromatic rings. The van der Waals surface area contributed by atoms with Gasteiger partial charge in [-0.1, -0.05) is 13.8 Å². The Bertz CT molecular complexity index is 352. The van der Waals surface area contributed by atoms with Crippen LogP contribution in [0.15, 0.2) is 5.38 Å². The molecule has 0 spiro atoms. The summed E-state index contributed by atoms with van der Waals surface area (Å²) in [5, 5.41) is 12.1. The second kappa shape index (κ2) is 5.96. The third-order valence-electron chi connectivity index (χ3n) is 2.52. The Balaban J connectivity index is 2.62. The van der Waals surface area contributed by atoms with Gasteiger partial charge in [-0.05, 0) is 19.9 Å². The Morgan fingerprint density at radius 2 is 2.31 bits per heavy atom. The predicted octanol–water partition coefficient (Wildman–Crippen LogP) is 2.00. The van der Waals surface area contributed by atoms with Crippen molar-refractivity contribution in [2.24, 2.45) is 0 Å². The molecule has 0 aromatic carbocycles. The second-order valence-corrected chi connectivity index (χ2v) is 4.71. The number of hydrogen-bond donors (Lipinski definition) is 1. The van der Waals surface area contributed by atoms with Gasteiger partial charge in [-0.25, -0.2) is 4.98 Å². The first-order chi connectivity index (χ1) is 7.58. The summed E-state index contributed by atoms with van der Waals surface area (Å²) in [5.74, 6) is -0.768. The highest BCUT2D eigenvalue weighted by atomic mass is 32.1. The van der Waals surface area contributed by atoms with E-state index in [1.54, 1.807) is 11.3 Å². The molecule has 4 nitrogen and oxygen atoms in total. The molecule has 1 aromatic heterocycles. The number of nitrogens with zero attached hydrogens (tertiary/aromatic N) is 2. The number of aromatic nitrogens is 1. The van der Waals surface area contributed by atoms with Gasteiger partial charge in [0.15, 0.2) is 0 Å². The Kier molecular flexibility index (Phi) is 4.89. The van der Waals surface area contributed by atoms with Crippen molar-refractivity contribution < 1.29 is 9.90 Å². The minimum absolute atomic E-state index is 0.424. The van der Waals surface area contributed by atoms with Gasteiger partial charge in [-0.2, -0.15) is 0 Å². The van der Waals surface area contributed by atoms with Crippen LogP contribution in [0.25, 0.3) is 0 Å². The van der Waals surface area contributed by atoms with Crippen LogP contribution in [-0.4, -0.2) is 34.0 Å². The first-order valence-corrected chi connectivity index (χ1v) is 6.32. The Morgan fingerprint density at radius 1 is 1.62 bits per heavy atom. The molecule has 0 saturated heterocycles. The minimum Gasteiger partial charge on any atom is -0.480 e. The summed E-state index contributed by atoms with van der Waals surface area (Å²) in [4.78, 5) is 17.2. The Labute approximate surface area is 99.9 Å². The van der Waals surface area contributed by atoms with E-state index < -0.39 is 12.0 Å². The molecule has 0 aliphatic heterocycles. The van der Waals surface area contributed by atoms with Gasteiger partial charge in [-0.15, -0.1) is 11.3 Å². The highest BCUT2D eigenvalue weighted by Gasteiger charge is 2.20. The molecule has 90 valence electrons. The van der Waals surface area contributed by atoms with Gasteiger partial charge in [0.05, 0.1) is 10.7 Å². The first kappa shape index (κ1) is 13.1. The summed E-state index contributed by atoms with van der Waals surface area (Å²) in [5.41, 5.74) is 0.962. The van der Waals surface area contributed by atoms with Gasteiger partial charge >= 0.3 is 5.97 Å². The van der Waals surface area contributed by atoms with Gasteiger partial charge in [0.1, 0.15) is 6.04 Å².